The molecule has 2 aromatic rings. The lowest BCUT2D eigenvalue weighted by Crippen LogP contribution is -2.25. The third-order valence-corrected chi connectivity index (χ3v) is 3.48. The molecule has 0 heterocycles. The highest BCUT2D eigenvalue weighted by atomic mass is 19.1. The summed E-state index contributed by atoms with van der Waals surface area (Å²) in [4.78, 5) is 0. The van der Waals surface area contributed by atoms with Crippen molar-refractivity contribution in [2.45, 2.75) is 32.4 Å². The molecule has 1 unspecified atom stereocenters. The van der Waals surface area contributed by atoms with Gasteiger partial charge in [-0.3, -0.25) is 0 Å². The van der Waals surface area contributed by atoms with Crippen LogP contribution in [-0.4, -0.2) is 0 Å². The Morgan fingerprint density at radius 3 is 2.45 bits per heavy atom. The molecular formula is C17H19F2N. The van der Waals surface area contributed by atoms with E-state index < -0.39 is 0 Å². The van der Waals surface area contributed by atoms with E-state index in [0.29, 0.717) is 5.56 Å². The molecule has 0 aliphatic carbocycles. The molecular weight excluding hydrogens is 256 g/mol. The van der Waals surface area contributed by atoms with Crippen LogP contribution in [0.1, 0.15) is 43.5 Å². The van der Waals surface area contributed by atoms with Gasteiger partial charge in [-0.15, -0.1) is 0 Å². The van der Waals surface area contributed by atoms with E-state index in [-0.39, 0.29) is 23.7 Å². The lowest BCUT2D eigenvalue weighted by atomic mass is 10.0. The average Bonchev–Trinajstić information content (AvgIpc) is 2.45. The summed E-state index contributed by atoms with van der Waals surface area (Å²) in [5.41, 5.74) is 1.51. The number of hydrogen-bond donors (Lipinski definition) is 1. The molecule has 0 aliphatic rings. The summed E-state index contributed by atoms with van der Waals surface area (Å²) in [5.74, 6) is -0.470. The van der Waals surface area contributed by atoms with Gasteiger partial charge in [0.15, 0.2) is 0 Å². The quantitative estimate of drug-likeness (QED) is 0.829. The fourth-order valence-electron chi connectivity index (χ4n) is 2.39. The summed E-state index contributed by atoms with van der Waals surface area (Å²) in [6, 6.07) is 13.1. The molecule has 0 aliphatic heterocycles. The van der Waals surface area contributed by atoms with E-state index in [1.807, 2.05) is 26.0 Å². The molecule has 1 N–H and O–H groups in total. The van der Waals surface area contributed by atoms with Crippen molar-refractivity contribution in [3.63, 3.8) is 0 Å². The molecule has 106 valence electrons. The number of nitrogens with one attached hydrogen (secondary N) is 1. The van der Waals surface area contributed by atoms with Crippen LogP contribution in [-0.2, 0) is 0 Å². The van der Waals surface area contributed by atoms with Crippen molar-refractivity contribution in [1.82, 2.24) is 5.32 Å². The van der Waals surface area contributed by atoms with Crippen molar-refractivity contribution < 1.29 is 8.78 Å². The summed E-state index contributed by atoms with van der Waals surface area (Å²) in [6.07, 6.45) is 0.808. The maximum absolute atomic E-state index is 13.8. The SMILES string of the molecule is CCC(N[C@H](C)c1ccccc1F)c1cccc(F)c1. The molecule has 0 spiro atoms. The van der Waals surface area contributed by atoms with Gasteiger partial charge in [0.05, 0.1) is 0 Å². The van der Waals surface area contributed by atoms with Gasteiger partial charge in [0.2, 0.25) is 0 Å². The predicted molar refractivity (Wildman–Crippen MR) is 77.4 cm³/mol. The molecule has 0 saturated heterocycles. The Kier molecular flexibility index (Phi) is 4.85. The monoisotopic (exact) mass is 275 g/mol. The van der Waals surface area contributed by atoms with E-state index >= 15 is 0 Å². The maximum atomic E-state index is 13.8. The average molecular weight is 275 g/mol. The fraction of sp³-hybridized carbons (Fsp3) is 0.294. The standard InChI is InChI=1S/C17H19F2N/c1-3-17(13-7-6-8-14(18)11-13)20-12(2)15-9-4-5-10-16(15)19/h4-12,17,20H,3H2,1-2H3/t12-,17?/m1/s1. The molecule has 20 heavy (non-hydrogen) atoms. The smallest absolute Gasteiger partial charge is 0.127 e. The van der Waals surface area contributed by atoms with Crippen molar-refractivity contribution in [3.05, 3.63) is 71.3 Å². The van der Waals surface area contributed by atoms with Gasteiger partial charge >= 0.3 is 0 Å². The highest BCUT2D eigenvalue weighted by Crippen LogP contribution is 2.24. The van der Waals surface area contributed by atoms with Crippen LogP contribution in [0.3, 0.4) is 0 Å². The predicted octanol–water partition coefficient (Wildman–Crippen LogP) is 4.77. The topological polar surface area (TPSA) is 12.0 Å². The second-order valence-electron chi connectivity index (χ2n) is 4.93. The van der Waals surface area contributed by atoms with Crippen LogP contribution in [0.5, 0.6) is 0 Å². The Balaban J connectivity index is 2.16. The summed E-state index contributed by atoms with van der Waals surface area (Å²) < 4.78 is 27.1. The van der Waals surface area contributed by atoms with E-state index in [2.05, 4.69) is 5.32 Å². The first-order valence-electron chi connectivity index (χ1n) is 6.87. The summed E-state index contributed by atoms with van der Waals surface area (Å²) in [7, 11) is 0. The highest BCUT2D eigenvalue weighted by Gasteiger charge is 2.16. The Hall–Kier alpha value is -1.74. The third-order valence-electron chi connectivity index (χ3n) is 3.48. The molecule has 0 radical (unpaired) electrons. The Labute approximate surface area is 118 Å². The normalized spacial score (nSPS) is 14.0. The molecule has 0 amide bonds. The van der Waals surface area contributed by atoms with E-state index in [1.54, 1.807) is 18.2 Å². The van der Waals surface area contributed by atoms with Crippen LogP contribution in [0.4, 0.5) is 8.78 Å². The minimum atomic E-state index is -0.249. The van der Waals surface area contributed by atoms with Crippen molar-refractivity contribution in [2.75, 3.05) is 0 Å². The van der Waals surface area contributed by atoms with Gasteiger partial charge in [-0.25, -0.2) is 8.78 Å². The summed E-state index contributed by atoms with van der Waals surface area (Å²) in [5, 5.41) is 3.36. The molecule has 2 rings (SSSR count). The van der Waals surface area contributed by atoms with Crippen molar-refractivity contribution in [1.29, 1.82) is 0 Å². The van der Waals surface area contributed by atoms with Crippen molar-refractivity contribution in [2.24, 2.45) is 0 Å². The minimum absolute atomic E-state index is 0.000283. The van der Waals surface area contributed by atoms with Gasteiger partial charge in [0.1, 0.15) is 11.6 Å². The molecule has 3 heteroatoms. The van der Waals surface area contributed by atoms with Gasteiger partial charge in [-0.1, -0.05) is 37.3 Å². The fourth-order valence-corrected chi connectivity index (χ4v) is 2.39. The van der Waals surface area contributed by atoms with Crippen molar-refractivity contribution >= 4 is 0 Å². The molecule has 0 saturated carbocycles. The van der Waals surface area contributed by atoms with Crippen LogP contribution < -0.4 is 5.32 Å². The van der Waals surface area contributed by atoms with Gasteiger partial charge < -0.3 is 5.32 Å². The van der Waals surface area contributed by atoms with E-state index in [0.717, 1.165) is 12.0 Å². The first-order chi connectivity index (χ1) is 9.61. The molecule has 1 nitrogen and oxygen atoms in total. The van der Waals surface area contributed by atoms with Crippen LogP contribution in [0, 0.1) is 11.6 Å². The van der Waals surface area contributed by atoms with E-state index in [4.69, 9.17) is 0 Å². The summed E-state index contributed by atoms with van der Waals surface area (Å²) >= 11 is 0. The number of halogens is 2. The van der Waals surface area contributed by atoms with Crippen LogP contribution in [0.25, 0.3) is 0 Å². The Morgan fingerprint density at radius 1 is 1.05 bits per heavy atom. The van der Waals surface area contributed by atoms with Crippen LogP contribution >= 0.6 is 0 Å². The largest absolute Gasteiger partial charge is 0.303 e. The molecule has 0 bridgehead atoms. The molecule has 2 atom stereocenters. The molecule has 0 fully saturated rings. The van der Waals surface area contributed by atoms with E-state index in [1.165, 1.54) is 18.2 Å². The lowest BCUT2D eigenvalue weighted by molar-refractivity contribution is 0.441. The van der Waals surface area contributed by atoms with Gasteiger partial charge in [-0.2, -0.15) is 0 Å². The minimum Gasteiger partial charge on any atom is -0.303 e. The lowest BCUT2D eigenvalue weighted by Gasteiger charge is -2.23. The van der Waals surface area contributed by atoms with Gasteiger partial charge in [0.25, 0.3) is 0 Å². The number of rotatable bonds is 5. The van der Waals surface area contributed by atoms with Gasteiger partial charge in [0, 0.05) is 17.6 Å². The Morgan fingerprint density at radius 2 is 1.80 bits per heavy atom. The maximum Gasteiger partial charge on any atom is 0.127 e. The molecule has 0 aromatic heterocycles. The zero-order valence-electron chi connectivity index (χ0n) is 11.7. The Bertz CT molecular complexity index is 568. The van der Waals surface area contributed by atoms with Crippen molar-refractivity contribution in [3.8, 4) is 0 Å². The first kappa shape index (κ1) is 14.7. The first-order valence-corrected chi connectivity index (χ1v) is 6.87. The zero-order chi connectivity index (χ0) is 14.5. The number of hydrogen-bond acceptors (Lipinski definition) is 1. The van der Waals surface area contributed by atoms with Crippen LogP contribution in [0.15, 0.2) is 48.5 Å². The number of benzene rings is 2. The molecule has 2 aromatic carbocycles. The highest BCUT2D eigenvalue weighted by molar-refractivity contribution is 5.23. The van der Waals surface area contributed by atoms with Crippen LogP contribution in [0.2, 0.25) is 0 Å². The summed E-state index contributed by atoms with van der Waals surface area (Å²) in [6.45, 7) is 3.94. The zero-order valence-corrected chi connectivity index (χ0v) is 11.7. The van der Waals surface area contributed by atoms with E-state index in [9.17, 15) is 8.78 Å². The van der Waals surface area contributed by atoms with Gasteiger partial charge in [-0.05, 0) is 37.1 Å². The third kappa shape index (κ3) is 3.42. The second kappa shape index (κ2) is 6.62. The second-order valence-corrected chi connectivity index (χ2v) is 4.93.